The normalized spacial score (nSPS) is 10.9. The molecule has 0 heterocycles. The van der Waals surface area contributed by atoms with Gasteiger partial charge in [0.1, 0.15) is 11.5 Å². The van der Waals surface area contributed by atoms with Gasteiger partial charge in [-0.1, -0.05) is 58.3 Å². The molecule has 4 heteroatoms. The van der Waals surface area contributed by atoms with Gasteiger partial charge in [0.25, 0.3) is 0 Å². The van der Waals surface area contributed by atoms with Gasteiger partial charge in [0.2, 0.25) is 6.29 Å². The van der Waals surface area contributed by atoms with Gasteiger partial charge in [-0.15, -0.1) is 0 Å². The van der Waals surface area contributed by atoms with Crippen molar-refractivity contribution in [3.63, 3.8) is 0 Å². The van der Waals surface area contributed by atoms with Crippen LogP contribution in [0.1, 0.15) is 71.1 Å². The molecule has 0 spiro atoms. The van der Waals surface area contributed by atoms with Crippen molar-refractivity contribution in [1.82, 2.24) is 0 Å². The molecule has 0 saturated carbocycles. The van der Waals surface area contributed by atoms with Crippen LogP contribution in [0.5, 0.6) is 11.5 Å². The summed E-state index contributed by atoms with van der Waals surface area (Å²) in [6.07, 6.45) is 12.2. The average molecular weight is 385 g/mol. The van der Waals surface area contributed by atoms with Crippen LogP contribution in [-0.2, 0) is 0 Å². The second kappa shape index (κ2) is 12.9. The summed E-state index contributed by atoms with van der Waals surface area (Å²) in [5.41, 5.74) is 13.0. The highest BCUT2D eigenvalue weighted by Gasteiger charge is 2.12. The van der Waals surface area contributed by atoms with E-state index in [1.807, 2.05) is 48.5 Å². The Bertz CT molecular complexity index is 593. The summed E-state index contributed by atoms with van der Waals surface area (Å²) in [5.74, 6) is 1.54. The summed E-state index contributed by atoms with van der Waals surface area (Å²) in [6, 6.07) is 14.9. The minimum atomic E-state index is -0.322. The van der Waals surface area contributed by atoms with Crippen LogP contribution in [-0.4, -0.2) is 6.29 Å². The second-order valence-electron chi connectivity index (χ2n) is 7.42. The van der Waals surface area contributed by atoms with Gasteiger partial charge < -0.3 is 20.9 Å². The van der Waals surface area contributed by atoms with Crippen LogP contribution >= 0.6 is 0 Å². The molecule has 0 unspecified atom stereocenters. The number of nitrogen functional groups attached to an aromatic ring is 2. The topological polar surface area (TPSA) is 70.5 Å². The summed E-state index contributed by atoms with van der Waals surface area (Å²) < 4.78 is 12.1. The Morgan fingerprint density at radius 1 is 0.607 bits per heavy atom. The van der Waals surface area contributed by atoms with E-state index < -0.39 is 0 Å². The summed E-state index contributed by atoms with van der Waals surface area (Å²) in [6.45, 7) is 2.26. The molecule has 0 saturated heterocycles. The molecule has 154 valence electrons. The van der Waals surface area contributed by atoms with E-state index in [9.17, 15) is 0 Å². The van der Waals surface area contributed by atoms with E-state index in [1.165, 1.54) is 51.4 Å². The van der Waals surface area contributed by atoms with Crippen LogP contribution in [0.25, 0.3) is 0 Å². The largest absolute Gasteiger partial charge is 0.455 e. The van der Waals surface area contributed by atoms with E-state index in [-0.39, 0.29) is 6.29 Å². The van der Waals surface area contributed by atoms with Crippen molar-refractivity contribution in [3.8, 4) is 11.5 Å². The maximum atomic E-state index is 6.07. The molecule has 4 N–H and O–H groups in total. The van der Waals surface area contributed by atoms with Gasteiger partial charge in [0, 0.05) is 17.8 Å². The molecule has 0 atom stereocenters. The number of rotatable bonds is 14. The maximum Gasteiger partial charge on any atom is 0.241 e. The average Bonchev–Trinajstić information content (AvgIpc) is 2.70. The SMILES string of the molecule is CCCCCCCCCCCC(Oc1ccc(N)cc1)Oc1ccc(N)cc1. The van der Waals surface area contributed by atoms with Crippen LogP contribution < -0.4 is 20.9 Å². The summed E-state index contributed by atoms with van der Waals surface area (Å²) >= 11 is 0. The number of benzene rings is 2. The van der Waals surface area contributed by atoms with Gasteiger partial charge in [-0.25, -0.2) is 0 Å². The molecule has 28 heavy (non-hydrogen) atoms. The number of hydrogen-bond acceptors (Lipinski definition) is 4. The van der Waals surface area contributed by atoms with Crippen molar-refractivity contribution in [2.75, 3.05) is 11.5 Å². The first-order valence-corrected chi connectivity index (χ1v) is 10.7. The van der Waals surface area contributed by atoms with Gasteiger partial charge in [0.05, 0.1) is 0 Å². The van der Waals surface area contributed by atoms with Crippen molar-refractivity contribution in [3.05, 3.63) is 48.5 Å². The number of hydrogen-bond donors (Lipinski definition) is 2. The van der Waals surface area contributed by atoms with Crippen molar-refractivity contribution in [2.45, 2.75) is 77.4 Å². The zero-order valence-corrected chi connectivity index (χ0v) is 17.2. The first kappa shape index (κ1) is 21.9. The molecule has 2 rings (SSSR count). The highest BCUT2D eigenvalue weighted by molar-refractivity contribution is 5.42. The lowest BCUT2D eigenvalue weighted by Crippen LogP contribution is -2.24. The molecule has 2 aromatic rings. The predicted octanol–water partition coefficient (Wildman–Crippen LogP) is 6.56. The zero-order valence-electron chi connectivity index (χ0n) is 17.2. The fraction of sp³-hybridized carbons (Fsp3) is 0.500. The molecule has 0 aliphatic heterocycles. The summed E-state index contributed by atoms with van der Waals surface area (Å²) in [5, 5.41) is 0. The van der Waals surface area contributed by atoms with E-state index in [0.29, 0.717) is 0 Å². The standard InChI is InChI=1S/C24H36N2O2/c1-2-3-4-5-6-7-8-9-10-11-24(27-22-16-12-20(25)13-17-22)28-23-18-14-21(26)15-19-23/h12-19,24H,2-11,25-26H2,1H3. The van der Waals surface area contributed by atoms with E-state index in [1.54, 1.807) is 0 Å². The third-order valence-electron chi connectivity index (χ3n) is 4.84. The van der Waals surface area contributed by atoms with Gasteiger partial charge in [-0.2, -0.15) is 0 Å². The minimum absolute atomic E-state index is 0.322. The van der Waals surface area contributed by atoms with Gasteiger partial charge in [0.15, 0.2) is 0 Å². The first-order valence-electron chi connectivity index (χ1n) is 10.7. The lowest BCUT2D eigenvalue weighted by molar-refractivity contribution is -0.00244. The summed E-state index contributed by atoms with van der Waals surface area (Å²) in [7, 11) is 0. The van der Waals surface area contributed by atoms with Gasteiger partial charge in [-0.05, 0) is 55.0 Å². The molecule has 0 fully saturated rings. The Morgan fingerprint density at radius 2 is 1.00 bits per heavy atom. The third-order valence-corrected chi connectivity index (χ3v) is 4.84. The highest BCUT2D eigenvalue weighted by atomic mass is 16.7. The fourth-order valence-electron chi connectivity index (χ4n) is 3.16. The highest BCUT2D eigenvalue weighted by Crippen LogP contribution is 2.22. The molecule has 0 bridgehead atoms. The second-order valence-corrected chi connectivity index (χ2v) is 7.42. The van der Waals surface area contributed by atoms with Crippen LogP contribution in [0.4, 0.5) is 11.4 Å². The molecular formula is C24H36N2O2. The van der Waals surface area contributed by atoms with Gasteiger partial charge in [-0.3, -0.25) is 0 Å². The molecule has 0 amide bonds. The predicted molar refractivity (Wildman–Crippen MR) is 119 cm³/mol. The van der Waals surface area contributed by atoms with Crippen molar-refractivity contribution >= 4 is 11.4 Å². The Balaban J connectivity index is 1.77. The number of nitrogens with two attached hydrogens (primary N) is 2. The molecule has 4 nitrogen and oxygen atoms in total. The smallest absolute Gasteiger partial charge is 0.241 e. The molecule has 2 aromatic carbocycles. The monoisotopic (exact) mass is 384 g/mol. The van der Waals surface area contributed by atoms with E-state index >= 15 is 0 Å². The Labute approximate surface area is 170 Å². The van der Waals surface area contributed by atoms with E-state index in [2.05, 4.69) is 6.92 Å². The van der Waals surface area contributed by atoms with Crippen LogP contribution in [0, 0.1) is 0 Å². The Kier molecular flexibility index (Phi) is 10.1. The van der Waals surface area contributed by atoms with Gasteiger partial charge >= 0.3 is 0 Å². The third kappa shape index (κ3) is 9.03. The van der Waals surface area contributed by atoms with Crippen molar-refractivity contribution in [2.24, 2.45) is 0 Å². The zero-order chi connectivity index (χ0) is 20.0. The van der Waals surface area contributed by atoms with Crippen molar-refractivity contribution in [1.29, 1.82) is 0 Å². The number of ether oxygens (including phenoxy) is 2. The van der Waals surface area contributed by atoms with E-state index in [0.717, 1.165) is 35.7 Å². The molecule has 0 aliphatic rings. The fourth-order valence-corrected chi connectivity index (χ4v) is 3.16. The van der Waals surface area contributed by atoms with Crippen LogP contribution in [0.15, 0.2) is 48.5 Å². The first-order chi connectivity index (χ1) is 13.7. The minimum Gasteiger partial charge on any atom is -0.455 e. The number of unbranched alkanes of at least 4 members (excludes halogenated alkanes) is 8. The molecule has 0 aromatic heterocycles. The maximum absolute atomic E-state index is 6.07. The van der Waals surface area contributed by atoms with Crippen LogP contribution in [0.3, 0.4) is 0 Å². The lowest BCUT2D eigenvalue weighted by atomic mass is 10.1. The van der Waals surface area contributed by atoms with Crippen molar-refractivity contribution < 1.29 is 9.47 Å². The molecule has 0 radical (unpaired) electrons. The summed E-state index contributed by atoms with van der Waals surface area (Å²) in [4.78, 5) is 0. The Morgan fingerprint density at radius 3 is 1.43 bits per heavy atom. The lowest BCUT2D eigenvalue weighted by Gasteiger charge is -2.21. The molecule has 0 aliphatic carbocycles. The quantitative estimate of drug-likeness (QED) is 0.220. The van der Waals surface area contributed by atoms with Crippen LogP contribution in [0.2, 0.25) is 0 Å². The molecular weight excluding hydrogens is 348 g/mol. The number of anilines is 2. The van der Waals surface area contributed by atoms with E-state index in [4.69, 9.17) is 20.9 Å². The Hall–Kier alpha value is -2.36.